The van der Waals surface area contributed by atoms with Crippen LogP contribution in [0.3, 0.4) is 0 Å². The summed E-state index contributed by atoms with van der Waals surface area (Å²) in [7, 11) is 1.66. The van der Waals surface area contributed by atoms with E-state index in [-0.39, 0.29) is 5.75 Å². The third-order valence-electron chi connectivity index (χ3n) is 2.27. The summed E-state index contributed by atoms with van der Waals surface area (Å²) in [5, 5.41) is 4.74. The molecule has 2 aromatic rings. The van der Waals surface area contributed by atoms with Gasteiger partial charge in [-0.15, -0.1) is 13.2 Å². The van der Waals surface area contributed by atoms with Gasteiger partial charge in [-0.25, -0.2) is 0 Å². The predicted octanol–water partition coefficient (Wildman–Crippen LogP) is 2.78. The number of hydrogen-bond acceptors (Lipinski definition) is 2. The number of alkyl halides is 3. The second-order valence-corrected chi connectivity index (χ2v) is 3.49. The molecule has 0 bridgehead atoms. The Balaban J connectivity index is 2.53. The van der Waals surface area contributed by atoms with E-state index in [4.69, 9.17) is 0 Å². The average molecular weight is 230 g/mol. The molecule has 0 N–H and O–H groups in total. The van der Waals surface area contributed by atoms with E-state index in [0.717, 1.165) is 5.39 Å². The molecule has 16 heavy (non-hydrogen) atoms. The Morgan fingerprint density at radius 1 is 1.31 bits per heavy atom. The van der Waals surface area contributed by atoms with Crippen LogP contribution >= 0.6 is 0 Å². The number of nitrogens with zero attached hydrogens (tertiary/aromatic N) is 2. The summed E-state index contributed by atoms with van der Waals surface area (Å²) in [6.07, 6.45) is -3.07. The van der Waals surface area contributed by atoms with Crippen molar-refractivity contribution in [3.63, 3.8) is 0 Å². The second-order valence-electron chi connectivity index (χ2n) is 3.49. The van der Waals surface area contributed by atoms with Crippen LogP contribution in [0.1, 0.15) is 5.56 Å². The summed E-state index contributed by atoms with van der Waals surface area (Å²) in [4.78, 5) is 0. The van der Waals surface area contributed by atoms with Gasteiger partial charge in [0.2, 0.25) is 0 Å². The van der Waals surface area contributed by atoms with Crippen LogP contribution in [0.25, 0.3) is 10.9 Å². The molecule has 0 amide bonds. The van der Waals surface area contributed by atoms with Gasteiger partial charge in [0.05, 0.1) is 11.7 Å². The van der Waals surface area contributed by atoms with Gasteiger partial charge in [-0.1, -0.05) is 0 Å². The minimum atomic E-state index is -4.67. The van der Waals surface area contributed by atoms with Gasteiger partial charge in [-0.3, -0.25) is 4.68 Å². The quantitative estimate of drug-likeness (QED) is 0.753. The Morgan fingerprint density at radius 2 is 2.00 bits per heavy atom. The van der Waals surface area contributed by atoms with Crippen LogP contribution in [-0.2, 0) is 7.05 Å². The number of aromatic nitrogens is 2. The fraction of sp³-hybridized carbons (Fsp3) is 0.300. The minimum absolute atomic E-state index is 0.191. The number of halogens is 3. The number of ether oxygens (including phenoxy) is 1. The maximum atomic E-state index is 12.1. The van der Waals surface area contributed by atoms with E-state index >= 15 is 0 Å². The van der Waals surface area contributed by atoms with Gasteiger partial charge in [0.15, 0.2) is 0 Å². The highest BCUT2D eigenvalue weighted by molar-refractivity contribution is 5.81. The maximum Gasteiger partial charge on any atom is 0.573 e. The first-order valence-corrected chi connectivity index (χ1v) is 4.55. The summed E-state index contributed by atoms with van der Waals surface area (Å²) in [6.45, 7) is 1.56. The van der Waals surface area contributed by atoms with E-state index in [1.54, 1.807) is 26.2 Å². The molecule has 1 heterocycles. The molecule has 0 saturated carbocycles. The van der Waals surface area contributed by atoms with E-state index in [0.29, 0.717) is 11.1 Å². The van der Waals surface area contributed by atoms with Crippen molar-refractivity contribution in [2.75, 3.05) is 0 Å². The number of aryl methyl sites for hydroxylation is 2. The lowest BCUT2D eigenvalue weighted by atomic mass is 10.1. The Hall–Kier alpha value is -1.72. The lowest BCUT2D eigenvalue weighted by Gasteiger charge is -2.11. The maximum absolute atomic E-state index is 12.1. The monoisotopic (exact) mass is 230 g/mol. The first kappa shape index (κ1) is 10.8. The Morgan fingerprint density at radius 3 is 2.62 bits per heavy atom. The Bertz CT molecular complexity index is 531. The molecule has 0 aliphatic heterocycles. The molecular weight excluding hydrogens is 221 g/mol. The first-order chi connectivity index (χ1) is 7.37. The van der Waals surface area contributed by atoms with Gasteiger partial charge in [0.25, 0.3) is 0 Å². The van der Waals surface area contributed by atoms with Crippen molar-refractivity contribution in [1.82, 2.24) is 9.78 Å². The van der Waals surface area contributed by atoms with Gasteiger partial charge in [0.1, 0.15) is 5.75 Å². The van der Waals surface area contributed by atoms with Crippen LogP contribution < -0.4 is 4.74 Å². The molecule has 0 spiro atoms. The first-order valence-electron chi connectivity index (χ1n) is 4.55. The summed E-state index contributed by atoms with van der Waals surface area (Å²) >= 11 is 0. The standard InChI is InChI=1S/C10H9F3N2O/c1-6-3-7-5-14-15(2)8(7)4-9(6)16-10(11,12)13/h3-5H,1-2H3. The van der Waals surface area contributed by atoms with Crippen molar-refractivity contribution in [3.8, 4) is 5.75 Å². The molecule has 0 aliphatic rings. The molecule has 0 unspecified atom stereocenters. The van der Waals surface area contributed by atoms with Gasteiger partial charge in [0, 0.05) is 18.5 Å². The number of hydrogen-bond donors (Lipinski definition) is 0. The van der Waals surface area contributed by atoms with Crippen LogP contribution in [0.4, 0.5) is 13.2 Å². The lowest BCUT2D eigenvalue weighted by Crippen LogP contribution is -2.17. The molecule has 2 rings (SSSR count). The molecule has 6 heteroatoms. The zero-order chi connectivity index (χ0) is 11.9. The molecule has 0 atom stereocenters. The van der Waals surface area contributed by atoms with Crippen LogP contribution in [-0.4, -0.2) is 16.1 Å². The molecule has 0 aliphatic carbocycles. The normalized spacial score (nSPS) is 12.1. The third kappa shape index (κ3) is 1.95. The van der Waals surface area contributed by atoms with E-state index < -0.39 is 6.36 Å². The molecule has 3 nitrogen and oxygen atoms in total. The van der Waals surface area contributed by atoms with E-state index in [1.165, 1.54) is 10.7 Å². The van der Waals surface area contributed by atoms with Crippen molar-refractivity contribution in [1.29, 1.82) is 0 Å². The zero-order valence-corrected chi connectivity index (χ0v) is 8.67. The zero-order valence-electron chi connectivity index (χ0n) is 8.67. The number of fused-ring (bicyclic) bond motifs is 1. The summed E-state index contributed by atoms with van der Waals surface area (Å²) in [5.74, 6) is -0.191. The van der Waals surface area contributed by atoms with Gasteiger partial charge >= 0.3 is 6.36 Å². The second kappa shape index (κ2) is 3.40. The van der Waals surface area contributed by atoms with Crippen molar-refractivity contribution >= 4 is 10.9 Å². The molecule has 1 aromatic heterocycles. The Labute approximate surface area is 89.4 Å². The van der Waals surface area contributed by atoms with E-state index in [9.17, 15) is 13.2 Å². The van der Waals surface area contributed by atoms with Crippen molar-refractivity contribution in [2.24, 2.45) is 7.05 Å². The van der Waals surface area contributed by atoms with Gasteiger partial charge in [-0.05, 0) is 18.6 Å². The summed E-state index contributed by atoms with van der Waals surface area (Å²) in [5.41, 5.74) is 1.03. The minimum Gasteiger partial charge on any atom is -0.405 e. The van der Waals surface area contributed by atoms with Crippen molar-refractivity contribution in [3.05, 3.63) is 23.9 Å². The van der Waals surface area contributed by atoms with E-state index in [2.05, 4.69) is 9.84 Å². The van der Waals surface area contributed by atoms with Crippen LogP contribution in [0.15, 0.2) is 18.3 Å². The SMILES string of the molecule is Cc1cc2cnn(C)c2cc1OC(F)(F)F. The van der Waals surface area contributed by atoms with Crippen molar-refractivity contribution < 1.29 is 17.9 Å². The molecule has 86 valence electrons. The summed E-state index contributed by atoms with van der Waals surface area (Å²) in [6, 6.07) is 2.95. The molecule has 0 saturated heterocycles. The van der Waals surface area contributed by atoms with Crippen molar-refractivity contribution in [2.45, 2.75) is 13.3 Å². The fourth-order valence-electron chi connectivity index (χ4n) is 1.53. The number of benzene rings is 1. The van der Waals surface area contributed by atoms with Gasteiger partial charge < -0.3 is 4.74 Å². The number of rotatable bonds is 1. The fourth-order valence-corrected chi connectivity index (χ4v) is 1.53. The van der Waals surface area contributed by atoms with Crippen LogP contribution in [0, 0.1) is 6.92 Å². The van der Waals surface area contributed by atoms with Crippen LogP contribution in [0.5, 0.6) is 5.75 Å². The lowest BCUT2D eigenvalue weighted by molar-refractivity contribution is -0.274. The average Bonchev–Trinajstić information content (AvgIpc) is 2.46. The highest BCUT2D eigenvalue weighted by atomic mass is 19.4. The predicted molar refractivity (Wildman–Crippen MR) is 52.1 cm³/mol. The summed E-state index contributed by atoms with van der Waals surface area (Å²) < 4.78 is 41.7. The molecule has 0 fully saturated rings. The molecule has 0 radical (unpaired) electrons. The largest absolute Gasteiger partial charge is 0.573 e. The van der Waals surface area contributed by atoms with E-state index in [1.807, 2.05) is 0 Å². The highest BCUT2D eigenvalue weighted by Gasteiger charge is 2.31. The highest BCUT2D eigenvalue weighted by Crippen LogP contribution is 2.29. The van der Waals surface area contributed by atoms with Crippen LogP contribution in [0.2, 0.25) is 0 Å². The smallest absolute Gasteiger partial charge is 0.405 e. The topological polar surface area (TPSA) is 27.1 Å². The Kier molecular flexibility index (Phi) is 2.29. The molecule has 1 aromatic carbocycles. The van der Waals surface area contributed by atoms with Gasteiger partial charge in [-0.2, -0.15) is 5.10 Å². The molecular formula is C10H9F3N2O. The third-order valence-corrected chi connectivity index (χ3v) is 2.27.